The SMILES string of the molecule is CCOC(=O)c1cc2c(=O)n3ccccc3nc2n(CC(C)C)c1=NC(=O)c1cccc(OC)c1OC. The molecule has 1 aromatic carbocycles. The number of nitrogens with zero attached hydrogens (tertiary/aromatic N) is 4. The van der Waals surface area contributed by atoms with E-state index in [-0.39, 0.29) is 45.8 Å². The highest BCUT2D eigenvalue weighted by Crippen LogP contribution is 2.31. The fourth-order valence-corrected chi connectivity index (χ4v) is 4.11. The molecule has 0 radical (unpaired) electrons. The van der Waals surface area contributed by atoms with Crippen molar-refractivity contribution in [3.63, 3.8) is 0 Å². The molecule has 192 valence electrons. The summed E-state index contributed by atoms with van der Waals surface area (Å²) in [5.74, 6) is -0.713. The fraction of sp³-hybridized carbons (Fsp3) is 0.296. The molecule has 0 N–H and O–H groups in total. The van der Waals surface area contributed by atoms with Crippen LogP contribution >= 0.6 is 0 Å². The van der Waals surface area contributed by atoms with Crippen LogP contribution in [0.4, 0.5) is 0 Å². The zero-order valence-electron chi connectivity index (χ0n) is 21.3. The molecule has 3 aromatic heterocycles. The van der Waals surface area contributed by atoms with Crippen molar-refractivity contribution < 1.29 is 23.8 Å². The van der Waals surface area contributed by atoms with Crippen molar-refractivity contribution >= 4 is 28.6 Å². The Hall–Kier alpha value is -4.47. The first-order chi connectivity index (χ1) is 17.8. The molecular weight excluding hydrogens is 476 g/mol. The topological polar surface area (TPSA) is 113 Å². The van der Waals surface area contributed by atoms with Gasteiger partial charge in [0, 0.05) is 12.7 Å². The number of esters is 1. The number of amides is 1. The first-order valence-corrected chi connectivity index (χ1v) is 11.8. The van der Waals surface area contributed by atoms with Crippen LogP contribution in [0.1, 0.15) is 41.5 Å². The van der Waals surface area contributed by atoms with Crippen LogP contribution in [-0.4, -0.2) is 46.7 Å². The van der Waals surface area contributed by atoms with Crippen LogP contribution in [0.15, 0.2) is 58.4 Å². The third-order valence-electron chi connectivity index (χ3n) is 5.67. The van der Waals surface area contributed by atoms with E-state index in [1.54, 1.807) is 54.1 Å². The number of rotatable bonds is 7. The Morgan fingerprint density at radius 1 is 1.05 bits per heavy atom. The van der Waals surface area contributed by atoms with Crippen LogP contribution in [0.2, 0.25) is 0 Å². The number of fused-ring (bicyclic) bond motifs is 2. The lowest BCUT2D eigenvalue weighted by Crippen LogP contribution is -2.33. The molecule has 0 saturated carbocycles. The highest BCUT2D eigenvalue weighted by molar-refractivity contribution is 5.99. The molecule has 0 bridgehead atoms. The number of benzene rings is 1. The van der Waals surface area contributed by atoms with E-state index in [1.165, 1.54) is 24.7 Å². The Morgan fingerprint density at radius 3 is 2.51 bits per heavy atom. The summed E-state index contributed by atoms with van der Waals surface area (Å²) in [5.41, 5.74) is 0.562. The summed E-state index contributed by atoms with van der Waals surface area (Å²) in [6, 6.07) is 11.5. The van der Waals surface area contributed by atoms with E-state index in [2.05, 4.69) is 4.99 Å². The molecule has 4 aromatic rings. The van der Waals surface area contributed by atoms with Gasteiger partial charge in [0.25, 0.3) is 11.5 Å². The monoisotopic (exact) mass is 504 g/mol. The molecule has 0 saturated heterocycles. The molecule has 0 aliphatic carbocycles. The van der Waals surface area contributed by atoms with Crippen molar-refractivity contribution in [1.82, 2.24) is 14.0 Å². The fourth-order valence-electron chi connectivity index (χ4n) is 4.11. The highest BCUT2D eigenvalue weighted by Gasteiger charge is 2.22. The van der Waals surface area contributed by atoms with Crippen LogP contribution in [0.5, 0.6) is 11.5 Å². The second-order valence-corrected chi connectivity index (χ2v) is 8.65. The average Bonchev–Trinajstić information content (AvgIpc) is 2.89. The molecule has 10 heteroatoms. The molecule has 0 fully saturated rings. The van der Waals surface area contributed by atoms with Crippen molar-refractivity contribution in [2.45, 2.75) is 27.3 Å². The first kappa shape index (κ1) is 25.6. The molecular formula is C27H28N4O6. The predicted octanol–water partition coefficient (Wildman–Crippen LogP) is 3.24. The van der Waals surface area contributed by atoms with Crippen LogP contribution in [-0.2, 0) is 11.3 Å². The largest absolute Gasteiger partial charge is 0.493 e. The van der Waals surface area contributed by atoms with E-state index in [4.69, 9.17) is 19.2 Å². The number of para-hydroxylation sites is 1. The van der Waals surface area contributed by atoms with Crippen LogP contribution in [0.25, 0.3) is 16.7 Å². The lowest BCUT2D eigenvalue weighted by molar-refractivity contribution is 0.0523. The Kier molecular flexibility index (Phi) is 7.37. The minimum Gasteiger partial charge on any atom is -0.493 e. The quantitative estimate of drug-likeness (QED) is 0.280. The van der Waals surface area contributed by atoms with Crippen molar-refractivity contribution in [3.8, 4) is 11.5 Å². The maximum absolute atomic E-state index is 13.5. The van der Waals surface area contributed by atoms with Crippen LogP contribution < -0.4 is 20.5 Å². The van der Waals surface area contributed by atoms with Crippen molar-refractivity contribution in [1.29, 1.82) is 0 Å². The van der Waals surface area contributed by atoms with Gasteiger partial charge in [0.1, 0.15) is 16.9 Å². The molecule has 37 heavy (non-hydrogen) atoms. The molecule has 4 rings (SSSR count). The Balaban J connectivity index is 2.13. The number of carbonyl (C=O) groups is 2. The second-order valence-electron chi connectivity index (χ2n) is 8.65. The molecule has 0 unspecified atom stereocenters. The third-order valence-corrected chi connectivity index (χ3v) is 5.67. The number of hydrogen-bond acceptors (Lipinski definition) is 7. The van der Waals surface area contributed by atoms with E-state index in [0.717, 1.165) is 0 Å². The maximum Gasteiger partial charge on any atom is 0.341 e. The van der Waals surface area contributed by atoms with Gasteiger partial charge in [-0.15, -0.1) is 0 Å². The number of methoxy groups -OCH3 is 2. The number of pyridine rings is 2. The van der Waals surface area contributed by atoms with Crippen molar-refractivity contribution in [3.05, 3.63) is 75.6 Å². The van der Waals surface area contributed by atoms with Crippen molar-refractivity contribution in [2.75, 3.05) is 20.8 Å². The zero-order valence-corrected chi connectivity index (χ0v) is 21.3. The van der Waals surface area contributed by atoms with E-state index >= 15 is 0 Å². The average molecular weight is 505 g/mol. The van der Waals surface area contributed by atoms with E-state index in [0.29, 0.717) is 23.6 Å². The van der Waals surface area contributed by atoms with Gasteiger partial charge in [-0.1, -0.05) is 26.0 Å². The van der Waals surface area contributed by atoms with Gasteiger partial charge in [0.15, 0.2) is 17.0 Å². The van der Waals surface area contributed by atoms with Gasteiger partial charge in [-0.05, 0) is 43.2 Å². The number of aromatic nitrogens is 3. The summed E-state index contributed by atoms with van der Waals surface area (Å²) >= 11 is 0. The summed E-state index contributed by atoms with van der Waals surface area (Å²) < 4.78 is 19.0. The first-order valence-electron chi connectivity index (χ1n) is 11.8. The van der Waals surface area contributed by atoms with E-state index < -0.39 is 11.9 Å². The molecule has 1 amide bonds. The normalized spacial score (nSPS) is 11.8. The Labute approximate surface area is 212 Å². The third kappa shape index (κ3) is 4.82. The molecule has 3 heterocycles. The minimum absolute atomic E-state index is 0.0139. The van der Waals surface area contributed by atoms with Crippen LogP contribution in [0.3, 0.4) is 0 Å². The predicted molar refractivity (Wildman–Crippen MR) is 137 cm³/mol. The molecule has 0 aliphatic rings. The van der Waals surface area contributed by atoms with Gasteiger partial charge < -0.3 is 18.8 Å². The zero-order chi connectivity index (χ0) is 26.7. The minimum atomic E-state index is -0.705. The smallest absolute Gasteiger partial charge is 0.341 e. The Bertz CT molecular complexity index is 1630. The molecule has 0 atom stereocenters. The Morgan fingerprint density at radius 2 is 1.84 bits per heavy atom. The lowest BCUT2D eigenvalue weighted by atomic mass is 10.1. The van der Waals surface area contributed by atoms with E-state index in [9.17, 15) is 14.4 Å². The molecule has 10 nitrogen and oxygen atoms in total. The van der Waals surface area contributed by atoms with Gasteiger partial charge >= 0.3 is 5.97 Å². The van der Waals surface area contributed by atoms with E-state index in [1.807, 2.05) is 13.8 Å². The summed E-state index contributed by atoms with van der Waals surface area (Å²) in [6.45, 7) is 6.06. The standard InChI is InChI=1S/C27H28N4O6/c1-6-37-27(34)19-14-18-23(28-21-12-7-8-13-30(21)26(18)33)31(15-16(2)3)24(19)29-25(32)17-10-9-11-20(35-4)22(17)36-5/h7-14,16H,6,15H2,1-5H3. The molecule has 0 spiro atoms. The summed E-state index contributed by atoms with van der Waals surface area (Å²) in [5, 5.41) is 0.206. The van der Waals surface area contributed by atoms with Gasteiger partial charge in [-0.25, -0.2) is 9.78 Å². The summed E-state index contributed by atoms with van der Waals surface area (Å²) in [7, 11) is 2.90. The summed E-state index contributed by atoms with van der Waals surface area (Å²) in [4.78, 5) is 49.0. The summed E-state index contributed by atoms with van der Waals surface area (Å²) in [6.07, 6.45) is 1.61. The van der Waals surface area contributed by atoms with Gasteiger partial charge in [0.05, 0.1) is 31.8 Å². The van der Waals surface area contributed by atoms with Gasteiger partial charge in [0.2, 0.25) is 0 Å². The van der Waals surface area contributed by atoms with Gasteiger partial charge in [-0.3, -0.25) is 14.0 Å². The number of hydrogen-bond donors (Lipinski definition) is 0. The maximum atomic E-state index is 13.5. The number of carbonyl (C=O) groups excluding carboxylic acids is 2. The highest BCUT2D eigenvalue weighted by atomic mass is 16.5. The second kappa shape index (κ2) is 10.7. The van der Waals surface area contributed by atoms with Gasteiger partial charge in [-0.2, -0.15) is 4.99 Å². The van der Waals surface area contributed by atoms with Crippen molar-refractivity contribution in [2.24, 2.45) is 10.9 Å². The molecule has 0 aliphatic heterocycles. The number of ether oxygens (including phenoxy) is 3. The lowest BCUT2D eigenvalue weighted by Gasteiger charge is -2.17. The van der Waals surface area contributed by atoms with Crippen LogP contribution in [0, 0.1) is 5.92 Å².